The van der Waals surface area contributed by atoms with Crippen LogP contribution in [0.3, 0.4) is 0 Å². The molecule has 0 atom stereocenters. The van der Waals surface area contributed by atoms with Gasteiger partial charge in [-0.1, -0.05) is 17.7 Å². The molecule has 0 saturated heterocycles. The average molecular weight is 311 g/mol. The minimum absolute atomic E-state index is 0.0105. The summed E-state index contributed by atoms with van der Waals surface area (Å²) in [5, 5.41) is 9.02. The van der Waals surface area contributed by atoms with Crippen molar-refractivity contribution in [3.63, 3.8) is 0 Å². The summed E-state index contributed by atoms with van der Waals surface area (Å²) in [6.45, 7) is 3.08. The number of hydrogen-bond donors (Lipinski definition) is 1. The maximum absolute atomic E-state index is 11.0. The van der Waals surface area contributed by atoms with E-state index >= 15 is 0 Å². The van der Waals surface area contributed by atoms with E-state index in [-0.39, 0.29) is 6.54 Å². The number of carboxylic acid groups (broad SMARTS) is 1. The van der Waals surface area contributed by atoms with Crippen molar-refractivity contribution in [3.8, 4) is 0 Å². The van der Waals surface area contributed by atoms with E-state index in [1.165, 1.54) is 11.3 Å². The van der Waals surface area contributed by atoms with Crippen molar-refractivity contribution >= 4 is 28.9 Å². The molecule has 0 amide bonds. The number of aryl methyl sites for hydroxylation is 1. The molecule has 2 aromatic heterocycles. The zero-order chi connectivity index (χ0) is 14.5. The number of pyridine rings is 1. The molecule has 2 heterocycles. The predicted molar refractivity (Wildman–Crippen MR) is 80.1 cm³/mol. The highest BCUT2D eigenvalue weighted by molar-refractivity contribution is 7.16. The first-order valence-corrected chi connectivity index (χ1v) is 7.31. The van der Waals surface area contributed by atoms with Crippen LogP contribution in [0.1, 0.15) is 16.0 Å². The first-order valence-electron chi connectivity index (χ1n) is 6.12. The maximum Gasteiger partial charge on any atom is 0.317 e. The maximum atomic E-state index is 11.0. The van der Waals surface area contributed by atoms with Crippen LogP contribution in [-0.2, 0) is 17.9 Å². The number of carboxylic acids is 1. The third kappa shape index (κ3) is 4.59. The molecule has 0 fully saturated rings. The fraction of sp³-hybridized carbons (Fsp3) is 0.286. The van der Waals surface area contributed by atoms with Gasteiger partial charge in [-0.05, 0) is 30.2 Å². The van der Waals surface area contributed by atoms with Crippen LogP contribution in [-0.4, -0.2) is 27.5 Å². The second kappa shape index (κ2) is 6.83. The summed E-state index contributed by atoms with van der Waals surface area (Å²) in [7, 11) is 0. The molecule has 1 N–H and O–H groups in total. The Balaban J connectivity index is 2.09. The molecule has 20 heavy (non-hydrogen) atoms. The van der Waals surface area contributed by atoms with Crippen LogP contribution in [0.4, 0.5) is 0 Å². The SMILES string of the molecule is Cc1cncc(CN(CC(=O)O)Cc2ccc(Cl)s2)c1. The number of aromatic nitrogens is 1. The average Bonchev–Trinajstić information content (AvgIpc) is 2.73. The first-order chi connectivity index (χ1) is 9.52. The smallest absolute Gasteiger partial charge is 0.317 e. The third-order valence-corrected chi connectivity index (χ3v) is 3.92. The Labute approximate surface area is 126 Å². The lowest BCUT2D eigenvalue weighted by atomic mass is 10.2. The number of carbonyl (C=O) groups is 1. The van der Waals surface area contributed by atoms with E-state index in [9.17, 15) is 4.79 Å². The highest BCUT2D eigenvalue weighted by Gasteiger charge is 2.12. The van der Waals surface area contributed by atoms with Gasteiger partial charge in [0.1, 0.15) is 0 Å². The van der Waals surface area contributed by atoms with Crippen molar-refractivity contribution in [1.82, 2.24) is 9.88 Å². The van der Waals surface area contributed by atoms with Gasteiger partial charge in [0.2, 0.25) is 0 Å². The zero-order valence-corrected chi connectivity index (χ0v) is 12.6. The van der Waals surface area contributed by atoms with Crippen LogP contribution in [0, 0.1) is 6.92 Å². The molecular formula is C14H15ClN2O2S. The van der Waals surface area contributed by atoms with E-state index in [1.54, 1.807) is 12.4 Å². The molecule has 2 rings (SSSR count). The van der Waals surface area contributed by atoms with Gasteiger partial charge < -0.3 is 5.11 Å². The van der Waals surface area contributed by atoms with Gasteiger partial charge in [0.25, 0.3) is 0 Å². The van der Waals surface area contributed by atoms with Crippen LogP contribution in [0.25, 0.3) is 0 Å². The lowest BCUT2D eigenvalue weighted by Crippen LogP contribution is -2.28. The Bertz CT molecular complexity index is 600. The second-order valence-corrected chi connectivity index (χ2v) is 6.41. The molecule has 0 aromatic carbocycles. The van der Waals surface area contributed by atoms with E-state index in [2.05, 4.69) is 4.98 Å². The molecule has 2 aromatic rings. The Kier molecular flexibility index (Phi) is 5.11. The number of rotatable bonds is 6. The molecule has 0 aliphatic carbocycles. The van der Waals surface area contributed by atoms with Crippen LogP contribution < -0.4 is 0 Å². The third-order valence-electron chi connectivity index (χ3n) is 2.70. The summed E-state index contributed by atoms with van der Waals surface area (Å²) < 4.78 is 0.715. The number of halogens is 1. The van der Waals surface area contributed by atoms with Crippen LogP contribution in [0.15, 0.2) is 30.6 Å². The van der Waals surface area contributed by atoms with Gasteiger partial charge >= 0.3 is 5.97 Å². The molecule has 6 heteroatoms. The molecule has 0 radical (unpaired) electrons. The van der Waals surface area contributed by atoms with E-state index in [0.717, 1.165) is 16.0 Å². The highest BCUT2D eigenvalue weighted by Crippen LogP contribution is 2.23. The largest absolute Gasteiger partial charge is 0.480 e. The fourth-order valence-corrected chi connectivity index (χ4v) is 3.11. The van der Waals surface area contributed by atoms with E-state index in [4.69, 9.17) is 16.7 Å². The van der Waals surface area contributed by atoms with Gasteiger partial charge in [-0.2, -0.15) is 0 Å². The standard InChI is InChI=1S/C14H15ClN2O2S/c1-10-4-11(6-16-5-10)7-17(9-14(18)19)8-12-2-3-13(15)20-12/h2-6H,7-9H2,1H3,(H,18,19). The van der Waals surface area contributed by atoms with Crippen LogP contribution in [0.2, 0.25) is 4.34 Å². The van der Waals surface area contributed by atoms with Crippen molar-refractivity contribution in [2.24, 2.45) is 0 Å². The van der Waals surface area contributed by atoms with E-state index in [1.807, 2.05) is 30.0 Å². The van der Waals surface area contributed by atoms with E-state index < -0.39 is 5.97 Å². The van der Waals surface area contributed by atoms with Gasteiger partial charge in [-0.15, -0.1) is 11.3 Å². The number of nitrogens with zero attached hydrogens (tertiary/aromatic N) is 2. The molecule has 0 saturated carbocycles. The van der Waals surface area contributed by atoms with Crippen molar-refractivity contribution in [2.75, 3.05) is 6.54 Å². The minimum Gasteiger partial charge on any atom is -0.480 e. The summed E-state index contributed by atoms with van der Waals surface area (Å²) in [6.07, 6.45) is 3.55. The predicted octanol–water partition coefficient (Wildman–Crippen LogP) is 3.19. The molecule has 0 unspecified atom stereocenters. The quantitative estimate of drug-likeness (QED) is 0.890. The summed E-state index contributed by atoms with van der Waals surface area (Å²) in [5.74, 6) is -0.840. The minimum atomic E-state index is -0.840. The van der Waals surface area contributed by atoms with Gasteiger partial charge in [-0.3, -0.25) is 14.7 Å². The van der Waals surface area contributed by atoms with Gasteiger partial charge in [-0.25, -0.2) is 0 Å². The second-order valence-electron chi connectivity index (χ2n) is 4.62. The van der Waals surface area contributed by atoms with Gasteiger partial charge in [0.05, 0.1) is 10.9 Å². The summed E-state index contributed by atoms with van der Waals surface area (Å²) in [6, 6.07) is 5.77. The summed E-state index contributed by atoms with van der Waals surface area (Å²) in [5.41, 5.74) is 2.07. The fourth-order valence-electron chi connectivity index (χ4n) is 1.98. The van der Waals surface area contributed by atoms with Crippen LogP contribution in [0.5, 0.6) is 0 Å². The lowest BCUT2D eigenvalue weighted by Gasteiger charge is -2.19. The summed E-state index contributed by atoms with van der Waals surface area (Å²) in [4.78, 5) is 18.0. The van der Waals surface area contributed by atoms with Gasteiger partial charge in [0.15, 0.2) is 0 Å². The first kappa shape index (κ1) is 15.0. The molecule has 106 valence electrons. The van der Waals surface area contributed by atoms with Crippen molar-refractivity contribution in [3.05, 3.63) is 50.9 Å². The molecule has 0 spiro atoms. The Morgan fingerprint density at radius 2 is 2.20 bits per heavy atom. The van der Waals surface area contributed by atoms with Gasteiger partial charge in [0, 0.05) is 30.4 Å². The Morgan fingerprint density at radius 3 is 2.80 bits per heavy atom. The van der Waals surface area contributed by atoms with E-state index in [0.29, 0.717) is 17.4 Å². The monoisotopic (exact) mass is 310 g/mol. The zero-order valence-electron chi connectivity index (χ0n) is 11.0. The highest BCUT2D eigenvalue weighted by atomic mass is 35.5. The lowest BCUT2D eigenvalue weighted by molar-refractivity contribution is -0.138. The number of thiophene rings is 1. The number of aliphatic carboxylic acids is 1. The molecule has 4 nitrogen and oxygen atoms in total. The molecule has 0 aliphatic heterocycles. The van der Waals surface area contributed by atoms with Crippen molar-refractivity contribution in [1.29, 1.82) is 0 Å². The Hall–Kier alpha value is -1.43. The summed E-state index contributed by atoms with van der Waals surface area (Å²) >= 11 is 7.38. The van der Waals surface area contributed by atoms with Crippen molar-refractivity contribution in [2.45, 2.75) is 20.0 Å². The molecule has 0 aliphatic rings. The van der Waals surface area contributed by atoms with Crippen molar-refractivity contribution < 1.29 is 9.90 Å². The van der Waals surface area contributed by atoms with Crippen LogP contribution >= 0.6 is 22.9 Å². The molecule has 0 bridgehead atoms. The topological polar surface area (TPSA) is 53.4 Å². The molecular weight excluding hydrogens is 296 g/mol. The normalized spacial score (nSPS) is 10.9. The number of hydrogen-bond acceptors (Lipinski definition) is 4. The Morgan fingerprint density at radius 1 is 1.40 bits per heavy atom.